The average molecular weight is 188 g/mol. The van der Waals surface area contributed by atoms with Crippen LogP contribution in [0.15, 0.2) is 18.3 Å². The fraction of sp³-hybridized carbons (Fsp3) is 0.455. The van der Waals surface area contributed by atoms with Crippen LogP contribution in [0.1, 0.15) is 17.7 Å². The monoisotopic (exact) mass is 188 g/mol. The maximum atomic E-state index is 9.18. The highest BCUT2D eigenvalue weighted by molar-refractivity contribution is 5.32. The molecule has 72 valence electrons. The van der Waals surface area contributed by atoms with Crippen LogP contribution in [-0.4, -0.2) is 18.2 Å². The van der Waals surface area contributed by atoms with Gasteiger partial charge in [0.2, 0.25) is 0 Å². The van der Waals surface area contributed by atoms with Crippen LogP contribution < -0.4 is 0 Å². The van der Waals surface area contributed by atoms with Gasteiger partial charge in [0.1, 0.15) is 5.41 Å². The minimum atomic E-state index is -0.458. The second kappa shape index (κ2) is 3.39. The molecule has 0 aliphatic carbocycles. The van der Waals surface area contributed by atoms with Gasteiger partial charge in [0.25, 0.3) is 0 Å². The third kappa shape index (κ3) is 1.38. The van der Waals surface area contributed by atoms with E-state index in [9.17, 15) is 5.26 Å². The number of nitriles is 1. The van der Waals surface area contributed by atoms with E-state index in [-0.39, 0.29) is 0 Å². The predicted octanol–water partition coefficient (Wildman–Crippen LogP) is 1.57. The SMILES string of the molecule is Cc1ccc(C2(C#N)CCOC2)cn1. The van der Waals surface area contributed by atoms with E-state index in [1.165, 1.54) is 0 Å². The molecular formula is C11H12N2O. The molecule has 2 rings (SSSR count). The van der Waals surface area contributed by atoms with Crippen LogP contribution in [0.25, 0.3) is 0 Å². The summed E-state index contributed by atoms with van der Waals surface area (Å²) in [5.41, 5.74) is 1.49. The second-order valence-corrected chi connectivity index (χ2v) is 3.68. The van der Waals surface area contributed by atoms with Crippen molar-refractivity contribution in [2.24, 2.45) is 0 Å². The Hall–Kier alpha value is -1.40. The van der Waals surface area contributed by atoms with Crippen molar-refractivity contribution >= 4 is 0 Å². The predicted molar refractivity (Wildman–Crippen MR) is 51.7 cm³/mol. The van der Waals surface area contributed by atoms with Crippen LogP contribution >= 0.6 is 0 Å². The molecule has 1 aromatic rings. The molecule has 0 spiro atoms. The van der Waals surface area contributed by atoms with Gasteiger partial charge in [-0.05, 0) is 25.0 Å². The summed E-state index contributed by atoms with van der Waals surface area (Å²) in [4.78, 5) is 4.21. The van der Waals surface area contributed by atoms with E-state index in [2.05, 4.69) is 11.1 Å². The number of rotatable bonds is 1. The topological polar surface area (TPSA) is 45.9 Å². The van der Waals surface area contributed by atoms with Crippen molar-refractivity contribution in [3.8, 4) is 6.07 Å². The zero-order chi connectivity index (χ0) is 10.0. The molecule has 0 amide bonds. The molecule has 1 atom stereocenters. The van der Waals surface area contributed by atoms with Crippen molar-refractivity contribution in [3.63, 3.8) is 0 Å². The highest BCUT2D eigenvalue weighted by Crippen LogP contribution is 2.31. The van der Waals surface area contributed by atoms with E-state index >= 15 is 0 Å². The fourth-order valence-electron chi connectivity index (χ4n) is 1.70. The Morgan fingerprint density at radius 2 is 2.43 bits per heavy atom. The Morgan fingerprint density at radius 1 is 1.57 bits per heavy atom. The molecule has 1 unspecified atom stereocenters. The van der Waals surface area contributed by atoms with Gasteiger partial charge >= 0.3 is 0 Å². The smallest absolute Gasteiger partial charge is 0.109 e. The Balaban J connectivity index is 2.37. The Labute approximate surface area is 83.3 Å². The molecule has 0 aromatic carbocycles. The zero-order valence-electron chi connectivity index (χ0n) is 8.16. The molecule has 1 saturated heterocycles. The number of hydrogen-bond donors (Lipinski definition) is 0. The summed E-state index contributed by atoms with van der Waals surface area (Å²) in [5.74, 6) is 0. The van der Waals surface area contributed by atoms with Crippen molar-refractivity contribution in [1.82, 2.24) is 4.98 Å². The summed E-state index contributed by atoms with van der Waals surface area (Å²) in [5, 5.41) is 9.18. The van der Waals surface area contributed by atoms with Crippen LogP contribution in [0, 0.1) is 18.3 Å². The molecule has 0 N–H and O–H groups in total. The van der Waals surface area contributed by atoms with Gasteiger partial charge in [0, 0.05) is 18.5 Å². The van der Waals surface area contributed by atoms with Gasteiger partial charge < -0.3 is 4.74 Å². The molecule has 0 saturated carbocycles. The molecule has 1 aliphatic heterocycles. The van der Waals surface area contributed by atoms with Gasteiger partial charge in [-0.1, -0.05) is 6.07 Å². The van der Waals surface area contributed by atoms with E-state index in [1.54, 1.807) is 6.20 Å². The lowest BCUT2D eigenvalue weighted by molar-refractivity contribution is 0.186. The highest BCUT2D eigenvalue weighted by Gasteiger charge is 2.37. The first-order chi connectivity index (χ1) is 6.77. The summed E-state index contributed by atoms with van der Waals surface area (Å²) in [6.07, 6.45) is 2.56. The number of nitrogens with zero attached hydrogens (tertiary/aromatic N) is 2. The van der Waals surface area contributed by atoms with E-state index in [0.717, 1.165) is 17.7 Å². The second-order valence-electron chi connectivity index (χ2n) is 3.68. The first-order valence-electron chi connectivity index (χ1n) is 4.69. The van der Waals surface area contributed by atoms with Crippen molar-refractivity contribution in [2.75, 3.05) is 13.2 Å². The van der Waals surface area contributed by atoms with Gasteiger partial charge in [-0.3, -0.25) is 4.98 Å². The largest absolute Gasteiger partial charge is 0.379 e. The number of pyridine rings is 1. The minimum absolute atomic E-state index is 0.458. The van der Waals surface area contributed by atoms with Crippen LogP contribution in [-0.2, 0) is 10.2 Å². The van der Waals surface area contributed by atoms with E-state index in [4.69, 9.17) is 4.74 Å². The Morgan fingerprint density at radius 3 is 2.93 bits per heavy atom. The Bertz CT molecular complexity index is 358. The van der Waals surface area contributed by atoms with E-state index in [1.807, 2.05) is 19.1 Å². The van der Waals surface area contributed by atoms with Crippen LogP contribution in [0.2, 0.25) is 0 Å². The van der Waals surface area contributed by atoms with Crippen molar-refractivity contribution in [2.45, 2.75) is 18.8 Å². The molecule has 3 nitrogen and oxygen atoms in total. The summed E-state index contributed by atoms with van der Waals surface area (Å²) in [6.45, 7) is 3.10. The summed E-state index contributed by atoms with van der Waals surface area (Å²) in [7, 11) is 0. The first-order valence-corrected chi connectivity index (χ1v) is 4.69. The van der Waals surface area contributed by atoms with E-state index < -0.39 is 5.41 Å². The maximum Gasteiger partial charge on any atom is 0.109 e. The quantitative estimate of drug-likeness (QED) is 0.672. The molecule has 14 heavy (non-hydrogen) atoms. The average Bonchev–Trinajstić information content (AvgIpc) is 2.68. The maximum absolute atomic E-state index is 9.18. The molecule has 1 aliphatic rings. The molecule has 3 heteroatoms. The third-order valence-electron chi connectivity index (χ3n) is 2.70. The first kappa shape index (κ1) is 9.17. The lowest BCUT2D eigenvalue weighted by atomic mass is 9.82. The van der Waals surface area contributed by atoms with Crippen molar-refractivity contribution in [3.05, 3.63) is 29.6 Å². The minimum Gasteiger partial charge on any atom is -0.379 e. The van der Waals surface area contributed by atoms with Gasteiger partial charge in [-0.15, -0.1) is 0 Å². The zero-order valence-corrected chi connectivity index (χ0v) is 8.16. The number of aryl methyl sites for hydroxylation is 1. The third-order valence-corrected chi connectivity index (χ3v) is 2.70. The number of aromatic nitrogens is 1. The van der Waals surface area contributed by atoms with E-state index in [0.29, 0.717) is 13.2 Å². The molecular weight excluding hydrogens is 176 g/mol. The lowest BCUT2D eigenvalue weighted by Crippen LogP contribution is -2.24. The molecule has 2 heterocycles. The van der Waals surface area contributed by atoms with Gasteiger partial charge in [0.15, 0.2) is 0 Å². The van der Waals surface area contributed by atoms with Crippen LogP contribution in [0.5, 0.6) is 0 Å². The summed E-state index contributed by atoms with van der Waals surface area (Å²) in [6, 6.07) is 6.26. The summed E-state index contributed by atoms with van der Waals surface area (Å²) >= 11 is 0. The Kier molecular flexibility index (Phi) is 2.22. The van der Waals surface area contributed by atoms with Gasteiger partial charge in [-0.2, -0.15) is 5.26 Å². The standard InChI is InChI=1S/C11H12N2O/c1-9-2-3-10(6-13-9)11(7-12)4-5-14-8-11/h2-3,6H,4-5,8H2,1H3. The van der Waals surface area contributed by atoms with Crippen molar-refractivity contribution in [1.29, 1.82) is 5.26 Å². The molecule has 0 radical (unpaired) electrons. The number of ether oxygens (including phenoxy) is 1. The van der Waals surface area contributed by atoms with Gasteiger partial charge in [-0.25, -0.2) is 0 Å². The van der Waals surface area contributed by atoms with Crippen molar-refractivity contribution < 1.29 is 4.74 Å². The number of hydrogen-bond acceptors (Lipinski definition) is 3. The summed E-state index contributed by atoms with van der Waals surface area (Å²) < 4.78 is 5.29. The van der Waals surface area contributed by atoms with Crippen LogP contribution in [0.4, 0.5) is 0 Å². The lowest BCUT2D eigenvalue weighted by Gasteiger charge is -2.18. The molecule has 1 fully saturated rings. The molecule has 1 aromatic heterocycles. The van der Waals surface area contributed by atoms with Gasteiger partial charge in [0.05, 0.1) is 12.7 Å². The highest BCUT2D eigenvalue weighted by atomic mass is 16.5. The normalized spacial score (nSPS) is 26.0. The molecule has 0 bridgehead atoms. The fourth-order valence-corrected chi connectivity index (χ4v) is 1.70. The van der Waals surface area contributed by atoms with Crippen LogP contribution in [0.3, 0.4) is 0 Å².